The van der Waals surface area contributed by atoms with Gasteiger partial charge in [-0.1, -0.05) is 51.5 Å². The van der Waals surface area contributed by atoms with Gasteiger partial charge in [-0.3, -0.25) is 24.2 Å². The number of nitrogens with zero attached hydrogens (tertiary/aromatic N) is 4. The highest BCUT2D eigenvalue weighted by Gasteiger charge is 2.68. The summed E-state index contributed by atoms with van der Waals surface area (Å²) in [6.07, 6.45) is 4.28. The van der Waals surface area contributed by atoms with Gasteiger partial charge in [0, 0.05) is 81.2 Å². The Kier molecular flexibility index (Phi) is 9.88. The number of aryl methyl sites for hydroxylation is 1. The molecule has 3 saturated carbocycles. The molecule has 2 bridgehead atoms. The zero-order valence-electron chi connectivity index (χ0n) is 30.0. The lowest BCUT2D eigenvalue weighted by molar-refractivity contribution is -0.207. The van der Waals surface area contributed by atoms with Crippen molar-refractivity contribution in [3.05, 3.63) is 42.5 Å². The average molecular weight is 663 g/mol. The van der Waals surface area contributed by atoms with Crippen LogP contribution >= 0.6 is 0 Å². The van der Waals surface area contributed by atoms with Crippen molar-refractivity contribution in [2.75, 3.05) is 70.3 Å². The molecule has 0 spiro atoms. The van der Waals surface area contributed by atoms with Crippen LogP contribution in [0.5, 0.6) is 0 Å². The fourth-order valence-electron chi connectivity index (χ4n) is 10.2. The number of Topliss-reactive ketones (excluding diaryl/α,β-unsaturated/α-hetero) is 1. The number of hydrogen-bond donors (Lipinski definition) is 1. The Labute approximate surface area is 287 Å². The molecule has 9 nitrogen and oxygen atoms in total. The van der Waals surface area contributed by atoms with Gasteiger partial charge in [-0.05, 0) is 62.0 Å². The maximum absolute atomic E-state index is 13.7. The molecule has 0 aromatic heterocycles. The van der Waals surface area contributed by atoms with Crippen LogP contribution in [0.25, 0.3) is 0 Å². The number of rotatable bonds is 7. The second-order valence-corrected chi connectivity index (χ2v) is 16.3. The molecule has 5 aliphatic rings. The number of anilines is 1. The Bertz CT molecular complexity index is 1370. The minimum Gasteiger partial charge on any atom is -0.461 e. The Morgan fingerprint density at radius 2 is 1.58 bits per heavy atom. The Hall–Kier alpha value is -2.75. The van der Waals surface area contributed by atoms with Gasteiger partial charge in [0.2, 0.25) is 5.91 Å². The number of piperazine rings is 2. The van der Waals surface area contributed by atoms with Gasteiger partial charge in [0.15, 0.2) is 0 Å². The van der Waals surface area contributed by atoms with Gasteiger partial charge in [-0.2, -0.15) is 0 Å². The molecule has 5 fully saturated rings. The van der Waals surface area contributed by atoms with Crippen molar-refractivity contribution in [1.82, 2.24) is 14.7 Å². The third-order valence-electron chi connectivity index (χ3n) is 13.8. The SMILES string of the molecule is C=C[C@]1(C)C[C@@H](OC(=O)CN2CCN(C(=O)CN3CCN(c4ccc(C)cc4)CC3)CC2)[C@]2(C)[C@H](C)CC[C@]3(CCC(=O)[C@H]32)[C@@H](C)[C@@H]1O. The van der Waals surface area contributed by atoms with Crippen LogP contribution in [0.3, 0.4) is 0 Å². The molecule has 2 heterocycles. The van der Waals surface area contributed by atoms with E-state index in [1.807, 2.05) is 17.9 Å². The van der Waals surface area contributed by atoms with E-state index in [1.54, 1.807) is 0 Å². The number of esters is 1. The molecule has 3 aliphatic carbocycles. The van der Waals surface area contributed by atoms with Crippen LogP contribution < -0.4 is 4.90 Å². The minimum atomic E-state index is -0.676. The summed E-state index contributed by atoms with van der Waals surface area (Å²) in [5, 5.41) is 11.8. The predicted octanol–water partition coefficient (Wildman–Crippen LogP) is 4.17. The van der Waals surface area contributed by atoms with Crippen molar-refractivity contribution in [2.45, 2.75) is 78.9 Å². The first kappa shape index (κ1) is 35.1. The summed E-state index contributed by atoms with van der Waals surface area (Å²) in [6.45, 7) is 21.3. The quantitative estimate of drug-likeness (QED) is 0.344. The van der Waals surface area contributed by atoms with Crippen LogP contribution in [-0.4, -0.2) is 115 Å². The zero-order chi connectivity index (χ0) is 34.4. The van der Waals surface area contributed by atoms with Crippen molar-refractivity contribution in [1.29, 1.82) is 0 Å². The fourth-order valence-corrected chi connectivity index (χ4v) is 10.2. The lowest BCUT2D eigenvalue weighted by Crippen LogP contribution is -2.63. The summed E-state index contributed by atoms with van der Waals surface area (Å²) < 4.78 is 6.46. The van der Waals surface area contributed by atoms with Gasteiger partial charge in [-0.15, -0.1) is 6.58 Å². The summed E-state index contributed by atoms with van der Waals surface area (Å²) >= 11 is 0. The standard InChI is InChI=1S/C39H58N4O5/c1-7-37(5)24-32(38(6)28(3)12-14-39(29(4)36(37)47)15-13-31(44)35(38)39)48-34(46)26-41-18-22-43(23-19-41)33(45)25-40-16-20-42(21-17-40)30-10-8-27(2)9-11-30/h7-11,28-29,32,35-36,47H,1,12-26H2,2-6H3/t28-,29+,32-,35+,36+,37-,38+,39+/m1/s1. The number of aliphatic hydroxyl groups excluding tert-OH is 1. The van der Waals surface area contributed by atoms with Gasteiger partial charge in [0.1, 0.15) is 11.9 Å². The van der Waals surface area contributed by atoms with E-state index in [9.17, 15) is 19.5 Å². The van der Waals surface area contributed by atoms with E-state index in [4.69, 9.17) is 4.74 Å². The first-order valence-corrected chi connectivity index (χ1v) is 18.4. The van der Waals surface area contributed by atoms with Crippen molar-refractivity contribution in [2.24, 2.45) is 34.0 Å². The van der Waals surface area contributed by atoms with Crippen LogP contribution in [0.15, 0.2) is 36.9 Å². The molecule has 0 unspecified atom stereocenters. The average Bonchev–Trinajstić information content (AvgIpc) is 3.44. The maximum atomic E-state index is 13.7. The van der Waals surface area contributed by atoms with E-state index >= 15 is 0 Å². The lowest BCUT2D eigenvalue weighted by Gasteiger charge is -2.61. The largest absolute Gasteiger partial charge is 0.461 e. The van der Waals surface area contributed by atoms with Crippen molar-refractivity contribution in [3.63, 3.8) is 0 Å². The highest BCUT2D eigenvalue weighted by Crippen LogP contribution is 2.68. The van der Waals surface area contributed by atoms with Gasteiger partial charge < -0.3 is 19.6 Å². The maximum Gasteiger partial charge on any atom is 0.320 e. The molecule has 1 N–H and O–H groups in total. The van der Waals surface area contributed by atoms with Crippen LogP contribution in [0, 0.1) is 40.9 Å². The summed E-state index contributed by atoms with van der Waals surface area (Å²) in [5.41, 5.74) is 1.04. The first-order chi connectivity index (χ1) is 22.8. The molecule has 1 aromatic rings. The van der Waals surface area contributed by atoms with Crippen molar-refractivity contribution in [3.8, 4) is 0 Å². The van der Waals surface area contributed by atoms with E-state index in [0.717, 1.165) is 45.4 Å². The number of carbonyl (C=O) groups excluding carboxylic acids is 3. The smallest absolute Gasteiger partial charge is 0.320 e. The topological polar surface area (TPSA) is 93.6 Å². The first-order valence-electron chi connectivity index (χ1n) is 18.4. The van der Waals surface area contributed by atoms with Gasteiger partial charge in [0.25, 0.3) is 0 Å². The molecule has 6 rings (SSSR count). The Balaban J connectivity index is 1.05. The second-order valence-electron chi connectivity index (χ2n) is 16.3. The third kappa shape index (κ3) is 6.24. The minimum absolute atomic E-state index is 0.0530. The summed E-state index contributed by atoms with van der Waals surface area (Å²) in [7, 11) is 0. The van der Waals surface area contributed by atoms with E-state index < -0.39 is 23.0 Å². The molecule has 264 valence electrons. The summed E-state index contributed by atoms with van der Waals surface area (Å²) in [4.78, 5) is 49.2. The fraction of sp³-hybridized carbons (Fsp3) is 0.718. The van der Waals surface area contributed by atoms with Crippen molar-refractivity contribution < 1.29 is 24.2 Å². The number of benzene rings is 1. The highest BCUT2D eigenvalue weighted by atomic mass is 16.5. The molecule has 9 heteroatoms. The summed E-state index contributed by atoms with van der Waals surface area (Å²) in [5.74, 6) is 0.0348. The molecular weight excluding hydrogens is 604 g/mol. The third-order valence-corrected chi connectivity index (χ3v) is 13.8. The number of aliphatic hydroxyl groups is 1. The van der Waals surface area contributed by atoms with Gasteiger partial charge in [-0.25, -0.2) is 0 Å². The van der Waals surface area contributed by atoms with Crippen LogP contribution in [-0.2, 0) is 19.1 Å². The lowest BCUT2D eigenvalue weighted by atomic mass is 9.44. The number of amides is 1. The number of ether oxygens (including phenoxy) is 1. The van der Waals surface area contributed by atoms with E-state index in [2.05, 4.69) is 73.2 Å². The van der Waals surface area contributed by atoms with E-state index in [-0.39, 0.29) is 47.4 Å². The molecular formula is C39H58N4O5. The molecule has 2 aliphatic heterocycles. The van der Waals surface area contributed by atoms with Crippen LogP contribution in [0.2, 0.25) is 0 Å². The van der Waals surface area contributed by atoms with Crippen LogP contribution in [0.4, 0.5) is 5.69 Å². The van der Waals surface area contributed by atoms with E-state index in [0.29, 0.717) is 45.6 Å². The molecule has 2 saturated heterocycles. The van der Waals surface area contributed by atoms with E-state index in [1.165, 1.54) is 11.3 Å². The monoisotopic (exact) mass is 662 g/mol. The highest BCUT2D eigenvalue weighted by molar-refractivity contribution is 5.86. The Morgan fingerprint density at radius 1 is 0.958 bits per heavy atom. The van der Waals surface area contributed by atoms with Gasteiger partial charge >= 0.3 is 5.97 Å². The summed E-state index contributed by atoms with van der Waals surface area (Å²) in [6, 6.07) is 8.63. The van der Waals surface area contributed by atoms with Crippen molar-refractivity contribution >= 4 is 23.3 Å². The normalized spacial score (nSPS) is 37.8. The number of ketones is 1. The zero-order valence-corrected chi connectivity index (χ0v) is 30.0. The number of carbonyl (C=O) groups is 3. The van der Waals surface area contributed by atoms with Gasteiger partial charge in [0.05, 0.1) is 19.2 Å². The Morgan fingerprint density at radius 3 is 2.23 bits per heavy atom. The molecule has 1 aromatic carbocycles. The number of hydrogen-bond acceptors (Lipinski definition) is 8. The predicted molar refractivity (Wildman–Crippen MR) is 187 cm³/mol. The molecule has 8 atom stereocenters. The molecule has 0 radical (unpaired) electrons. The van der Waals surface area contributed by atoms with Crippen LogP contribution in [0.1, 0.15) is 65.4 Å². The second kappa shape index (κ2) is 13.5. The molecule has 1 amide bonds. The molecule has 48 heavy (non-hydrogen) atoms.